The molecule has 0 bridgehead atoms. The quantitative estimate of drug-likeness (QED) is 0.585. The van der Waals surface area contributed by atoms with E-state index in [2.05, 4.69) is 28.7 Å². The molecule has 84 valence electrons. The number of nitrogens with zero attached hydrogens (tertiary/aromatic N) is 2. The van der Waals surface area contributed by atoms with Gasteiger partial charge >= 0.3 is 0 Å². The molecular formula is C12H15N3O. The van der Waals surface area contributed by atoms with Crippen LogP contribution in [0.4, 0.5) is 0 Å². The van der Waals surface area contributed by atoms with E-state index in [1.165, 1.54) is 6.20 Å². The summed E-state index contributed by atoms with van der Waals surface area (Å²) >= 11 is 0. The molecular weight excluding hydrogens is 202 g/mol. The van der Waals surface area contributed by atoms with Crippen molar-refractivity contribution in [2.24, 2.45) is 9.98 Å². The van der Waals surface area contributed by atoms with Crippen LogP contribution in [-0.4, -0.2) is 20.5 Å². The van der Waals surface area contributed by atoms with Gasteiger partial charge in [0.05, 0.1) is 6.20 Å². The van der Waals surface area contributed by atoms with Crippen LogP contribution in [0.2, 0.25) is 0 Å². The van der Waals surface area contributed by atoms with Gasteiger partial charge in [0.1, 0.15) is 5.75 Å². The van der Waals surface area contributed by atoms with Crippen LogP contribution in [-0.2, 0) is 6.54 Å². The summed E-state index contributed by atoms with van der Waals surface area (Å²) in [4.78, 5) is 7.27. The Morgan fingerprint density at radius 3 is 2.94 bits per heavy atom. The van der Waals surface area contributed by atoms with Gasteiger partial charge in [0.2, 0.25) is 5.88 Å². The number of ether oxygens (including phenoxy) is 1. The van der Waals surface area contributed by atoms with E-state index in [9.17, 15) is 0 Å². The van der Waals surface area contributed by atoms with Crippen molar-refractivity contribution in [2.75, 3.05) is 7.05 Å². The molecule has 16 heavy (non-hydrogen) atoms. The first-order valence-corrected chi connectivity index (χ1v) is 4.84. The fourth-order valence-electron chi connectivity index (χ4n) is 1.22. The van der Waals surface area contributed by atoms with Crippen LogP contribution in [0, 0.1) is 0 Å². The molecule has 0 unspecified atom stereocenters. The summed E-state index contributed by atoms with van der Waals surface area (Å²) < 4.78 is 5.46. The zero-order valence-electron chi connectivity index (χ0n) is 9.31. The number of hydrogen-bond acceptors (Lipinski definition) is 4. The minimum atomic E-state index is 0.330. The highest BCUT2D eigenvalue weighted by Crippen LogP contribution is 2.16. The average Bonchev–Trinajstić information content (AvgIpc) is 2.29. The number of benzene rings is 1. The molecule has 0 saturated heterocycles. The lowest BCUT2D eigenvalue weighted by Gasteiger charge is -2.06. The second kappa shape index (κ2) is 6.53. The van der Waals surface area contributed by atoms with E-state index < -0.39 is 0 Å². The maximum atomic E-state index is 5.46. The number of hydrogen-bond donors (Lipinski definition) is 1. The molecule has 0 amide bonds. The molecule has 4 nitrogen and oxygen atoms in total. The molecule has 1 rings (SSSR count). The lowest BCUT2D eigenvalue weighted by atomic mass is 10.2. The van der Waals surface area contributed by atoms with Crippen molar-refractivity contribution >= 4 is 13.4 Å². The van der Waals surface area contributed by atoms with Crippen LogP contribution in [0.25, 0.3) is 0 Å². The highest BCUT2D eigenvalue weighted by Gasteiger charge is 1.99. The Balaban J connectivity index is 2.80. The first-order chi connectivity index (χ1) is 7.80. The highest BCUT2D eigenvalue weighted by atomic mass is 16.5. The summed E-state index contributed by atoms with van der Waals surface area (Å²) in [7, 11) is 1.89. The fourth-order valence-corrected chi connectivity index (χ4v) is 1.22. The summed E-state index contributed by atoms with van der Waals surface area (Å²) in [6.07, 6.45) is 1.41. The molecule has 0 aliphatic carbocycles. The van der Waals surface area contributed by atoms with Crippen LogP contribution in [0.3, 0.4) is 0 Å². The van der Waals surface area contributed by atoms with E-state index in [0.717, 1.165) is 12.1 Å². The number of aliphatic imine (C=N–C) groups is 2. The molecule has 1 aromatic carbocycles. The molecule has 0 radical (unpaired) electrons. The molecule has 4 heteroatoms. The van der Waals surface area contributed by atoms with E-state index in [-0.39, 0.29) is 0 Å². The monoisotopic (exact) mass is 217 g/mol. The summed E-state index contributed by atoms with van der Waals surface area (Å²) in [5, 5.41) is 3.07. The van der Waals surface area contributed by atoms with Gasteiger partial charge in [0.25, 0.3) is 0 Å². The topological polar surface area (TPSA) is 46.0 Å². The van der Waals surface area contributed by atoms with Gasteiger partial charge in [-0.25, -0.2) is 4.99 Å². The third-order valence-corrected chi connectivity index (χ3v) is 1.86. The molecule has 0 saturated carbocycles. The van der Waals surface area contributed by atoms with Crippen LogP contribution in [0.15, 0.2) is 46.3 Å². The Kier molecular flexibility index (Phi) is 4.95. The van der Waals surface area contributed by atoms with E-state index in [4.69, 9.17) is 4.74 Å². The van der Waals surface area contributed by atoms with Gasteiger partial charge in [0, 0.05) is 6.54 Å². The molecule has 1 N–H and O–H groups in total. The fraction of sp³-hybridized carbons (Fsp3) is 0.167. The Hall–Kier alpha value is -1.94. The van der Waals surface area contributed by atoms with Gasteiger partial charge in [-0.2, -0.15) is 0 Å². The summed E-state index contributed by atoms with van der Waals surface area (Å²) in [6.45, 7) is 7.51. The first-order valence-electron chi connectivity index (χ1n) is 4.84. The van der Waals surface area contributed by atoms with Crippen LogP contribution >= 0.6 is 0 Å². The number of rotatable bonds is 6. The van der Waals surface area contributed by atoms with Crippen molar-refractivity contribution in [2.45, 2.75) is 6.54 Å². The van der Waals surface area contributed by atoms with Crippen molar-refractivity contribution in [3.8, 4) is 5.75 Å². The molecule has 1 aromatic rings. The largest absolute Gasteiger partial charge is 0.438 e. The normalized spacial score (nSPS) is 10.9. The Morgan fingerprint density at radius 2 is 2.31 bits per heavy atom. The average molecular weight is 217 g/mol. The molecule has 0 spiro atoms. The Labute approximate surface area is 95.4 Å². The minimum absolute atomic E-state index is 0.330. The van der Waals surface area contributed by atoms with Gasteiger partial charge in [-0.15, -0.1) is 0 Å². The van der Waals surface area contributed by atoms with Crippen molar-refractivity contribution in [3.05, 3.63) is 41.9 Å². The summed E-state index contributed by atoms with van der Waals surface area (Å²) in [6, 6.07) is 7.71. The first kappa shape index (κ1) is 12.1. The van der Waals surface area contributed by atoms with Gasteiger partial charge < -0.3 is 10.1 Å². The number of nitrogens with one attached hydrogen (secondary N) is 1. The molecule has 0 heterocycles. The van der Waals surface area contributed by atoms with Crippen LogP contribution < -0.4 is 10.1 Å². The van der Waals surface area contributed by atoms with Crippen molar-refractivity contribution in [1.82, 2.24) is 5.32 Å². The molecule has 0 atom stereocenters. The SMILES string of the molecule is C=N/C=C(\N=C)Oc1cccc(CNC)c1. The van der Waals surface area contributed by atoms with Crippen LogP contribution in [0.5, 0.6) is 5.75 Å². The minimum Gasteiger partial charge on any atom is -0.438 e. The standard InChI is InChI=1S/C12H15N3O/c1-13-8-10-5-4-6-11(7-10)16-12(15-3)9-14-2/h4-7,9,13H,2-3,8H2,1H3/b12-9+. The third kappa shape index (κ3) is 3.67. The lowest BCUT2D eigenvalue weighted by Crippen LogP contribution is -2.04. The van der Waals surface area contributed by atoms with E-state index in [0.29, 0.717) is 11.6 Å². The maximum absolute atomic E-state index is 5.46. The van der Waals surface area contributed by atoms with E-state index in [1.54, 1.807) is 0 Å². The van der Waals surface area contributed by atoms with Crippen molar-refractivity contribution in [1.29, 1.82) is 0 Å². The Morgan fingerprint density at radius 1 is 1.50 bits per heavy atom. The highest BCUT2D eigenvalue weighted by molar-refractivity contribution is 5.33. The van der Waals surface area contributed by atoms with Gasteiger partial charge in [-0.05, 0) is 38.2 Å². The second-order valence-electron chi connectivity index (χ2n) is 3.09. The lowest BCUT2D eigenvalue weighted by molar-refractivity contribution is 0.420. The smallest absolute Gasteiger partial charge is 0.237 e. The van der Waals surface area contributed by atoms with Crippen molar-refractivity contribution in [3.63, 3.8) is 0 Å². The zero-order chi connectivity index (χ0) is 11.8. The van der Waals surface area contributed by atoms with Gasteiger partial charge in [-0.1, -0.05) is 12.1 Å². The van der Waals surface area contributed by atoms with Crippen LogP contribution in [0.1, 0.15) is 5.56 Å². The summed E-state index contributed by atoms with van der Waals surface area (Å²) in [5.41, 5.74) is 1.13. The maximum Gasteiger partial charge on any atom is 0.237 e. The summed E-state index contributed by atoms with van der Waals surface area (Å²) in [5.74, 6) is 1.03. The molecule has 0 aliphatic heterocycles. The van der Waals surface area contributed by atoms with Gasteiger partial charge in [-0.3, -0.25) is 4.99 Å². The van der Waals surface area contributed by atoms with Gasteiger partial charge in [0.15, 0.2) is 0 Å². The molecule has 0 fully saturated rings. The van der Waals surface area contributed by atoms with Crippen molar-refractivity contribution < 1.29 is 4.74 Å². The molecule has 0 aromatic heterocycles. The third-order valence-electron chi connectivity index (χ3n) is 1.86. The van der Waals surface area contributed by atoms with E-state index >= 15 is 0 Å². The predicted molar refractivity (Wildman–Crippen MR) is 67.0 cm³/mol. The Bertz CT molecular complexity index is 399. The predicted octanol–water partition coefficient (Wildman–Crippen LogP) is 1.98. The second-order valence-corrected chi connectivity index (χ2v) is 3.09. The van der Waals surface area contributed by atoms with E-state index in [1.807, 2.05) is 31.3 Å². The zero-order valence-corrected chi connectivity index (χ0v) is 9.31. The molecule has 0 aliphatic rings.